The molecule has 2 fully saturated rings. The van der Waals surface area contributed by atoms with E-state index in [-0.39, 0.29) is 5.79 Å². The van der Waals surface area contributed by atoms with Crippen LogP contribution in [0.4, 0.5) is 0 Å². The van der Waals surface area contributed by atoms with E-state index in [1.807, 2.05) is 0 Å². The smallest absolute Gasteiger partial charge is 0.185 e. The molecule has 14 heavy (non-hydrogen) atoms. The van der Waals surface area contributed by atoms with E-state index in [9.17, 15) is 0 Å². The summed E-state index contributed by atoms with van der Waals surface area (Å²) in [7, 11) is 2.17. The third-order valence-corrected chi connectivity index (χ3v) is 3.55. The topological polar surface area (TPSA) is 21.7 Å². The lowest BCUT2D eigenvalue weighted by Crippen LogP contribution is -2.41. The molecule has 1 spiro atoms. The third-order valence-electron chi connectivity index (χ3n) is 3.55. The van der Waals surface area contributed by atoms with E-state index in [1.54, 1.807) is 0 Å². The second kappa shape index (κ2) is 4.21. The normalized spacial score (nSPS) is 30.6. The van der Waals surface area contributed by atoms with Crippen molar-refractivity contribution in [2.45, 2.75) is 32.0 Å². The van der Waals surface area contributed by atoms with Crippen LogP contribution in [0.2, 0.25) is 0 Å². The summed E-state index contributed by atoms with van der Waals surface area (Å²) in [4.78, 5) is 2.35. The van der Waals surface area contributed by atoms with Crippen molar-refractivity contribution < 1.29 is 9.47 Å². The lowest BCUT2D eigenvalue weighted by Gasteiger charge is -2.32. The molecule has 0 N–H and O–H groups in total. The molecule has 2 aliphatic rings. The van der Waals surface area contributed by atoms with Crippen molar-refractivity contribution in [3.8, 4) is 0 Å². The Morgan fingerprint density at radius 3 is 2.79 bits per heavy atom. The van der Waals surface area contributed by atoms with Crippen LogP contribution >= 0.6 is 0 Å². The molecule has 1 saturated heterocycles. The highest BCUT2D eigenvalue weighted by Gasteiger charge is 2.47. The van der Waals surface area contributed by atoms with Crippen molar-refractivity contribution in [3.05, 3.63) is 0 Å². The lowest BCUT2D eigenvalue weighted by molar-refractivity contribution is -0.182. The van der Waals surface area contributed by atoms with Gasteiger partial charge in [-0.2, -0.15) is 0 Å². The van der Waals surface area contributed by atoms with Gasteiger partial charge in [-0.3, -0.25) is 0 Å². The predicted molar refractivity (Wildman–Crippen MR) is 57.8 cm³/mol. The van der Waals surface area contributed by atoms with Crippen LogP contribution in [0.15, 0.2) is 0 Å². The summed E-state index contributed by atoms with van der Waals surface area (Å²) in [6.45, 7) is 5.97. The van der Waals surface area contributed by atoms with Crippen molar-refractivity contribution in [1.29, 1.82) is 0 Å². The predicted octanol–water partition coefficient (Wildman–Crippen LogP) is 0.400. The fourth-order valence-electron chi connectivity index (χ4n) is 2.61. The number of hydrogen-bond acceptors (Lipinski definition) is 3. The van der Waals surface area contributed by atoms with Gasteiger partial charge in [0, 0.05) is 12.3 Å². The zero-order valence-electron chi connectivity index (χ0n) is 9.29. The summed E-state index contributed by atoms with van der Waals surface area (Å²) in [5.41, 5.74) is 0. The Bertz CT molecular complexity index is 189. The lowest BCUT2D eigenvalue weighted by atomic mass is 10.00. The highest BCUT2D eigenvalue weighted by atomic mass is 16.7. The van der Waals surface area contributed by atoms with Gasteiger partial charge in [0.2, 0.25) is 0 Å². The molecular weight excluding hydrogens is 177 g/mol. The van der Waals surface area contributed by atoms with E-state index in [1.165, 1.54) is 12.8 Å². The molecule has 2 rings (SSSR count). The highest BCUT2D eigenvalue weighted by molar-refractivity contribution is 6.04. The van der Waals surface area contributed by atoms with Gasteiger partial charge in [0.15, 0.2) is 13.8 Å². The van der Waals surface area contributed by atoms with Gasteiger partial charge in [0.1, 0.15) is 0 Å². The van der Waals surface area contributed by atoms with Gasteiger partial charge in [0.25, 0.3) is 0 Å². The average molecular weight is 197 g/mol. The van der Waals surface area contributed by atoms with Crippen LogP contribution in [0.25, 0.3) is 0 Å². The summed E-state index contributed by atoms with van der Waals surface area (Å²) < 4.78 is 11.6. The molecule has 0 aromatic carbocycles. The van der Waals surface area contributed by atoms with E-state index < -0.39 is 0 Å². The molecule has 1 unspecified atom stereocenters. The van der Waals surface area contributed by atoms with Gasteiger partial charge < -0.3 is 14.3 Å². The molecule has 1 aliphatic carbocycles. The van der Waals surface area contributed by atoms with E-state index in [0.717, 1.165) is 32.7 Å². The second-order valence-electron chi connectivity index (χ2n) is 4.45. The minimum Gasteiger partial charge on any atom is -0.348 e. The van der Waals surface area contributed by atoms with Gasteiger partial charge in [-0.25, -0.2) is 0 Å². The van der Waals surface area contributed by atoms with Gasteiger partial charge in [-0.15, -0.1) is 0 Å². The van der Waals surface area contributed by atoms with Crippen molar-refractivity contribution >= 4 is 7.98 Å². The van der Waals surface area contributed by atoms with Crippen LogP contribution in [0.5, 0.6) is 0 Å². The molecule has 0 aromatic rings. The van der Waals surface area contributed by atoms with Crippen molar-refractivity contribution in [3.63, 3.8) is 0 Å². The zero-order chi connectivity index (χ0) is 10.0. The minimum atomic E-state index is -0.205. The molecule has 0 bridgehead atoms. The maximum Gasteiger partial charge on any atom is 0.185 e. The number of nitrogens with zero attached hydrogens (tertiary/aromatic N) is 1. The largest absolute Gasteiger partial charge is 0.348 e. The van der Waals surface area contributed by atoms with E-state index in [4.69, 9.17) is 9.47 Å². The Hall–Kier alpha value is -0.0551. The van der Waals surface area contributed by atoms with Gasteiger partial charge in [-0.1, -0.05) is 6.92 Å². The molecule has 4 heteroatoms. The standard InChI is InChI=1S/C10H20BNO2/c1-2-12(11)8-9-4-3-5-10(9)13-6-7-14-10/h9H,2-8,11H2,1H3. The number of ether oxygens (including phenoxy) is 2. The minimum absolute atomic E-state index is 0.205. The van der Waals surface area contributed by atoms with Crippen LogP contribution in [-0.2, 0) is 9.47 Å². The Morgan fingerprint density at radius 2 is 2.14 bits per heavy atom. The first-order chi connectivity index (χ1) is 6.77. The summed E-state index contributed by atoms with van der Waals surface area (Å²) in [6.07, 6.45) is 3.60. The average Bonchev–Trinajstić information content (AvgIpc) is 2.79. The Morgan fingerprint density at radius 1 is 1.43 bits per heavy atom. The molecule has 1 aliphatic heterocycles. The van der Waals surface area contributed by atoms with Crippen LogP contribution in [0, 0.1) is 5.92 Å². The first-order valence-electron chi connectivity index (χ1n) is 5.73. The molecule has 0 aromatic heterocycles. The molecule has 0 radical (unpaired) electrons. The second-order valence-corrected chi connectivity index (χ2v) is 4.45. The highest BCUT2D eigenvalue weighted by Crippen LogP contribution is 2.42. The quantitative estimate of drug-likeness (QED) is 0.611. The zero-order valence-corrected chi connectivity index (χ0v) is 9.29. The summed E-state index contributed by atoms with van der Waals surface area (Å²) in [6, 6.07) is 0. The molecule has 0 amide bonds. The Kier molecular flexibility index (Phi) is 3.15. The monoisotopic (exact) mass is 197 g/mol. The SMILES string of the molecule is BN(CC)CC1CCCC12OCCO2. The van der Waals surface area contributed by atoms with Crippen molar-refractivity contribution in [2.75, 3.05) is 26.3 Å². The van der Waals surface area contributed by atoms with E-state index >= 15 is 0 Å². The van der Waals surface area contributed by atoms with Crippen LogP contribution in [0.3, 0.4) is 0 Å². The number of hydrogen-bond donors (Lipinski definition) is 0. The summed E-state index contributed by atoms with van der Waals surface area (Å²) in [5.74, 6) is 0.374. The third kappa shape index (κ3) is 1.83. The fourth-order valence-corrected chi connectivity index (χ4v) is 2.61. The molecular formula is C10H20BNO2. The fraction of sp³-hybridized carbons (Fsp3) is 1.00. The van der Waals surface area contributed by atoms with Crippen molar-refractivity contribution in [1.82, 2.24) is 4.81 Å². The molecule has 1 heterocycles. The molecule has 1 saturated carbocycles. The van der Waals surface area contributed by atoms with E-state index in [2.05, 4.69) is 19.7 Å². The molecule has 80 valence electrons. The van der Waals surface area contributed by atoms with Gasteiger partial charge >= 0.3 is 0 Å². The van der Waals surface area contributed by atoms with Crippen LogP contribution in [-0.4, -0.2) is 44.9 Å². The van der Waals surface area contributed by atoms with Crippen LogP contribution < -0.4 is 0 Å². The molecule has 1 atom stereocenters. The first-order valence-corrected chi connectivity index (χ1v) is 5.73. The summed E-state index contributed by atoms with van der Waals surface area (Å²) >= 11 is 0. The summed E-state index contributed by atoms with van der Waals surface area (Å²) in [5, 5.41) is 0. The van der Waals surface area contributed by atoms with Crippen molar-refractivity contribution in [2.24, 2.45) is 5.92 Å². The van der Waals surface area contributed by atoms with E-state index in [0.29, 0.717) is 5.92 Å². The maximum absolute atomic E-state index is 5.81. The first kappa shape index (κ1) is 10.5. The maximum atomic E-state index is 5.81. The van der Waals surface area contributed by atoms with Gasteiger partial charge in [0.05, 0.1) is 13.2 Å². The molecule has 3 nitrogen and oxygen atoms in total. The Labute approximate surface area is 87.2 Å². The van der Waals surface area contributed by atoms with Crippen LogP contribution in [0.1, 0.15) is 26.2 Å². The Balaban J connectivity index is 1.96. The number of rotatable bonds is 3. The van der Waals surface area contributed by atoms with Gasteiger partial charge in [-0.05, 0) is 25.9 Å².